The summed E-state index contributed by atoms with van der Waals surface area (Å²) in [5.74, 6) is 0. The molecule has 0 aromatic heterocycles. The lowest BCUT2D eigenvalue weighted by atomic mass is 10.2. The average Bonchev–Trinajstić information content (AvgIpc) is 2.19. The van der Waals surface area contributed by atoms with Crippen LogP contribution in [-0.2, 0) is 9.47 Å². The van der Waals surface area contributed by atoms with E-state index in [0.29, 0.717) is 0 Å². The zero-order valence-corrected chi connectivity index (χ0v) is 14.3. The van der Waals surface area contributed by atoms with Crippen molar-refractivity contribution in [1.29, 1.82) is 0 Å². The standard InChI is InChI=1S/C13H24N2O4S/c1-12(2,3)18-10(16)15(9(14-7)20-8)11(17)19-13(4,5)6/h1-8H3/b14-9-. The highest BCUT2D eigenvalue weighted by molar-refractivity contribution is 8.13. The van der Waals surface area contributed by atoms with E-state index in [-0.39, 0.29) is 5.17 Å². The van der Waals surface area contributed by atoms with Crippen molar-refractivity contribution in [3.8, 4) is 0 Å². The number of imide groups is 1. The highest BCUT2D eigenvalue weighted by Crippen LogP contribution is 2.17. The summed E-state index contributed by atoms with van der Waals surface area (Å²) in [6.45, 7) is 10.3. The molecule has 0 aromatic carbocycles. The van der Waals surface area contributed by atoms with Gasteiger partial charge in [-0.3, -0.25) is 4.99 Å². The Morgan fingerprint density at radius 3 is 1.50 bits per heavy atom. The molecule has 20 heavy (non-hydrogen) atoms. The third kappa shape index (κ3) is 6.79. The van der Waals surface area contributed by atoms with Gasteiger partial charge in [0.2, 0.25) is 0 Å². The van der Waals surface area contributed by atoms with E-state index in [0.717, 1.165) is 16.7 Å². The third-order valence-corrected chi connectivity index (χ3v) is 2.45. The summed E-state index contributed by atoms with van der Waals surface area (Å²) in [5.41, 5.74) is -1.43. The number of hydrogen-bond donors (Lipinski definition) is 0. The highest BCUT2D eigenvalue weighted by Gasteiger charge is 2.34. The molecular formula is C13H24N2O4S. The van der Waals surface area contributed by atoms with Gasteiger partial charge in [-0.15, -0.1) is 0 Å². The molecule has 6 nitrogen and oxygen atoms in total. The number of amidine groups is 1. The van der Waals surface area contributed by atoms with Crippen LogP contribution in [0.4, 0.5) is 9.59 Å². The van der Waals surface area contributed by atoms with Crippen LogP contribution >= 0.6 is 11.8 Å². The molecule has 0 aliphatic carbocycles. The predicted octanol–water partition coefficient (Wildman–Crippen LogP) is 3.51. The van der Waals surface area contributed by atoms with Crippen LogP contribution in [-0.4, -0.2) is 46.8 Å². The fourth-order valence-electron chi connectivity index (χ4n) is 1.13. The number of carbonyl (C=O) groups excluding carboxylic acids is 2. The van der Waals surface area contributed by atoms with Gasteiger partial charge in [-0.05, 0) is 47.8 Å². The van der Waals surface area contributed by atoms with E-state index in [1.54, 1.807) is 47.8 Å². The smallest absolute Gasteiger partial charge is 0.426 e. The average molecular weight is 304 g/mol. The Kier molecular flexibility index (Phi) is 6.53. The van der Waals surface area contributed by atoms with Gasteiger partial charge in [0.15, 0.2) is 5.17 Å². The summed E-state index contributed by atoms with van der Waals surface area (Å²) >= 11 is 1.16. The first-order valence-corrected chi connectivity index (χ1v) is 7.40. The van der Waals surface area contributed by atoms with Crippen molar-refractivity contribution in [3.63, 3.8) is 0 Å². The molecular weight excluding hydrogens is 280 g/mol. The quantitative estimate of drug-likeness (QED) is 0.506. The monoisotopic (exact) mass is 304 g/mol. The molecule has 0 heterocycles. The van der Waals surface area contributed by atoms with Crippen LogP contribution in [0.25, 0.3) is 0 Å². The summed E-state index contributed by atoms with van der Waals surface area (Å²) in [6.07, 6.45) is 0.104. The molecule has 2 amide bonds. The van der Waals surface area contributed by atoms with Crippen LogP contribution in [0, 0.1) is 0 Å². The van der Waals surface area contributed by atoms with E-state index in [9.17, 15) is 9.59 Å². The number of hydrogen-bond acceptors (Lipinski definition) is 6. The van der Waals surface area contributed by atoms with Crippen LogP contribution < -0.4 is 0 Å². The fourth-order valence-corrected chi connectivity index (χ4v) is 1.64. The lowest BCUT2D eigenvalue weighted by molar-refractivity contribution is 0.0153. The lowest BCUT2D eigenvalue weighted by Crippen LogP contribution is -2.45. The second-order valence-electron chi connectivity index (χ2n) is 6.01. The minimum absolute atomic E-state index is 0.216. The van der Waals surface area contributed by atoms with Crippen molar-refractivity contribution in [2.24, 2.45) is 4.99 Å². The number of ether oxygens (including phenoxy) is 2. The maximum Gasteiger partial charge on any atom is 0.426 e. The number of aliphatic imine (C=N–C) groups is 1. The maximum absolute atomic E-state index is 12.2. The largest absolute Gasteiger partial charge is 0.443 e. The van der Waals surface area contributed by atoms with E-state index < -0.39 is 23.4 Å². The summed E-state index contributed by atoms with van der Waals surface area (Å²) in [7, 11) is 1.49. The SMILES string of the molecule is C/N=C(\SC)N(C(=O)OC(C)(C)C)C(=O)OC(C)(C)C. The fraction of sp³-hybridized carbons (Fsp3) is 0.769. The maximum atomic E-state index is 12.2. The summed E-state index contributed by atoms with van der Waals surface area (Å²) in [4.78, 5) is 29.0. The van der Waals surface area contributed by atoms with Crippen molar-refractivity contribution in [1.82, 2.24) is 4.90 Å². The Labute approximate surface area is 124 Å². The normalized spacial score (nSPS) is 12.9. The van der Waals surface area contributed by atoms with E-state index in [1.807, 2.05) is 0 Å². The summed E-state index contributed by atoms with van der Waals surface area (Å²) in [5, 5.41) is 0.216. The van der Waals surface area contributed by atoms with Crippen LogP contribution in [0.3, 0.4) is 0 Å². The van der Waals surface area contributed by atoms with Crippen LogP contribution in [0.1, 0.15) is 41.5 Å². The Morgan fingerprint density at radius 1 is 0.950 bits per heavy atom. The van der Waals surface area contributed by atoms with Crippen molar-refractivity contribution < 1.29 is 19.1 Å². The topological polar surface area (TPSA) is 68.2 Å². The Hall–Kier alpha value is -1.24. The van der Waals surface area contributed by atoms with Crippen molar-refractivity contribution in [2.75, 3.05) is 13.3 Å². The molecule has 0 N–H and O–H groups in total. The molecule has 0 aliphatic heterocycles. The van der Waals surface area contributed by atoms with Crippen LogP contribution in [0.2, 0.25) is 0 Å². The van der Waals surface area contributed by atoms with Gasteiger partial charge in [-0.1, -0.05) is 11.8 Å². The van der Waals surface area contributed by atoms with Gasteiger partial charge in [0.25, 0.3) is 0 Å². The zero-order chi connectivity index (χ0) is 16.1. The molecule has 0 aliphatic rings. The first kappa shape index (κ1) is 18.8. The van der Waals surface area contributed by atoms with Crippen LogP contribution in [0.15, 0.2) is 4.99 Å². The lowest BCUT2D eigenvalue weighted by Gasteiger charge is -2.28. The van der Waals surface area contributed by atoms with E-state index in [4.69, 9.17) is 9.47 Å². The number of thioether (sulfide) groups is 1. The Bertz CT molecular complexity index is 366. The van der Waals surface area contributed by atoms with Gasteiger partial charge in [0.1, 0.15) is 11.2 Å². The molecule has 7 heteroatoms. The molecule has 0 atom stereocenters. The second-order valence-corrected chi connectivity index (χ2v) is 6.78. The molecule has 0 bridgehead atoms. The zero-order valence-electron chi connectivity index (χ0n) is 13.4. The van der Waals surface area contributed by atoms with Crippen molar-refractivity contribution >= 4 is 29.1 Å². The predicted molar refractivity (Wildman–Crippen MR) is 81.2 cm³/mol. The minimum Gasteiger partial charge on any atom is -0.443 e. The van der Waals surface area contributed by atoms with Gasteiger partial charge in [0.05, 0.1) is 0 Å². The van der Waals surface area contributed by atoms with E-state index in [1.165, 1.54) is 7.05 Å². The van der Waals surface area contributed by atoms with Crippen molar-refractivity contribution in [3.05, 3.63) is 0 Å². The first-order chi connectivity index (χ1) is 8.91. The molecule has 116 valence electrons. The number of carbonyl (C=O) groups is 2. The van der Waals surface area contributed by atoms with Gasteiger partial charge in [-0.2, -0.15) is 4.90 Å². The Morgan fingerprint density at radius 2 is 1.30 bits per heavy atom. The molecule has 0 radical (unpaired) electrons. The number of amides is 2. The second kappa shape index (κ2) is 6.97. The number of nitrogens with zero attached hydrogens (tertiary/aromatic N) is 2. The summed E-state index contributed by atoms with van der Waals surface area (Å²) in [6, 6.07) is 0. The van der Waals surface area contributed by atoms with E-state index in [2.05, 4.69) is 4.99 Å². The molecule has 0 saturated carbocycles. The number of rotatable bonds is 0. The van der Waals surface area contributed by atoms with Gasteiger partial charge in [0, 0.05) is 7.05 Å². The first-order valence-electron chi connectivity index (χ1n) is 6.18. The molecule has 0 rings (SSSR count). The van der Waals surface area contributed by atoms with Gasteiger partial charge >= 0.3 is 12.2 Å². The Balaban J connectivity index is 5.30. The van der Waals surface area contributed by atoms with Gasteiger partial charge < -0.3 is 9.47 Å². The highest BCUT2D eigenvalue weighted by atomic mass is 32.2. The molecule has 0 saturated heterocycles. The third-order valence-electron chi connectivity index (χ3n) is 1.72. The molecule has 0 unspecified atom stereocenters. The van der Waals surface area contributed by atoms with Crippen LogP contribution in [0.5, 0.6) is 0 Å². The van der Waals surface area contributed by atoms with Crippen molar-refractivity contribution in [2.45, 2.75) is 52.7 Å². The van der Waals surface area contributed by atoms with E-state index >= 15 is 0 Å². The minimum atomic E-state index is -0.804. The molecule has 0 spiro atoms. The molecule has 0 fully saturated rings. The summed E-state index contributed by atoms with van der Waals surface area (Å²) < 4.78 is 10.4. The van der Waals surface area contributed by atoms with Gasteiger partial charge in [-0.25, -0.2) is 9.59 Å². The molecule has 0 aromatic rings.